The Morgan fingerprint density at radius 3 is 2.56 bits per heavy atom. The van der Waals surface area contributed by atoms with E-state index in [2.05, 4.69) is 5.32 Å². The molecule has 1 aromatic heterocycles. The molecule has 0 aliphatic rings. The third kappa shape index (κ3) is 4.54. The van der Waals surface area contributed by atoms with Gasteiger partial charge in [0.1, 0.15) is 0 Å². The van der Waals surface area contributed by atoms with Gasteiger partial charge in [-0.15, -0.1) is 0 Å². The van der Waals surface area contributed by atoms with E-state index in [4.69, 9.17) is 4.74 Å². The maximum absolute atomic E-state index is 12.0. The monoisotopic (exact) mass is 343 g/mol. The number of rotatable bonds is 6. The molecule has 25 heavy (non-hydrogen) atoms. The molecule has 1 heterocycles. The second-order valence-corrected chi connectivity index (χ2v) is 5.59. The molecule has 1 amide bonds. The first-order valence-corrected chi connectivity index (χ1v) is 7.72. The minimum atomic E-state index is -0.447. The summed E-state index contributed by atoms with van der Waals surface area (Å²) in [6.07, 6.45) is 4.08. The van der Waals surface area contributed by atoms with E-state index in [1.807, 2.05) is 24.3 Å². The molecule has 0 atom stereocenters. The molecular weight excluding hydrogens is 322 g/mol. The van der Waals surface area contributed by atoms with Gasteiger partial charge in [0.25, 0.3) is 5.56 Å². The van der Waals surface area contributed by atoms with Crippen molar-refractivity contribution < 1.29 is 9.53 Å². The van der Waals surface area contributed by atoms with Gasteiger partial charge in [0, 0.05) is 40.0 Å². The fourth-order valence-electron chi connectivity index (χ4n) is 2.38. The molecule has 0 saturated heterocycles. The number of nitrogens with one attached hydrogen (secondary N) is 1. The molecule has 2 aromatic rings. The van der Waals surface area contributed by atoms with Crippen molar-refractivity contribution in [2.45, 2.75) is 13.2 Å². The van der Waals surface area contributed by atoms with Gasteiger partial charge in [0.15, 0.2) is 0 Å². The number of carbonyl (C=O) groups excluding carboxylic acids is 1. The number of aromatic nitrogens is 2. The third-order valence-electron chi connectivity index (χ3n) is 3.76. The molecule has 7 heteroatoms. The van der Waals surface area contributed by atoms with Crippen LogP contribution in [0.3, 0.4) is 0 Å². The van der Waals surface area contributed by atoms with Gasteiger partial charge in [0.05, 0.1) is 12.2 Å². The molecule has 2 rings (SSSR count). The summed E-state index contributed by atoms with van der Waals surface area (Å²) in [6, 6.07) is 7.66. The maximum atomic E-state index is 12.0. The van der Waals surface area contributed by atoms with Crippen LogP contribution in [-0.4, -0.2) is 22.2 Å². The van der Waals surface area contributed by atoms with Crippen LogP contribution in [0.15, 0.2) is 46.1 Å². The second-order valence-electron chi connectivity index (χ2n) is 5.59. The molecule has 0 fully saturated rings. The summed E-state index contributed by atoms with van der Waals surface area (Å²) in [5, 5.41) is 2.77. The van der Waals surface area contributed by atoms with Crippen molar-refractivity contribution in [1.29, 1.82) is 0 Å². The fraction of sp³-hybridized carbons (Fsp3) is 0.278. The lowest BCUT2D eigenvalue weighted by atomic mass is 10.1. The van der Waals surface area contributed by atoms with E-state index in [-0.39, 0.29) is 11.5 Å². The van der Waals surface area contributed by atoms with Crippen LogP contribution in [0.2, 0.25) is 0 Å². The Bertz CT molecular complexity index is 909. The van der Waals surface area contributed by atoms with Crippen LogP contribution in [0.4, 0.5) is 0 Å². The zero-order valence-electron chi connectivity index (χ0n) is 14.5. The SMILES string of the molecule is COCc1ccccc1CNC(=O)/C=C/c1cn(C)c(=O)n(C)c1=O. The van der Waals surface area contributed by atoms with Crippen molar-refractivity contribution in [3.05, 3.63) is 74.1 Å². The van der Waals surface area contributed by atoms with Gasteiger partial charge < -0.3 is 14.6 Å². The Hall–Kier alpha value is -2.93. The molecule has 0 spiro atoms. The van der Waals surface area contributed by atoms with E-state index in [0.29, 0.717) is 13.2 Å². The summed E-state index contributed by atoms with van der Waals surface area (Å²) < 4.78 is 7.42. The van der Waals surface area contributed by atoms with Gasteiger partial charge in [-0.1, -0.05) is 24.3 Å². The van der Waals surface area contributed by atoms with Crippen molar-refractivity contribution in [2.24, 2.45) is 14.1 Å². The topological polar surface area (TPSA) is 82.3 Å². The molecule has 1 N–H and O–H groups in total. The molecule has 132 valence electrons. The molecule has 7 nitrogen and oxygen atoms in total. The minimum Gasteiger partial charge on any atom is -0.380 e. The van der Waals surface area contributed by atoms with E-state index >= 15 is 0 Å². The summed E-state index contributed by atoms with van der Waals surface area (Å²) in [7, 11) is 4.56. The lowest BCUT2D eigenvalue weighted by molar-refractivity contribution is -0.116. The minimum absolute atomic E-state index is 0.263. The largest absolute Gasteiger partial charge is 0.380 e. The van der Waals surface area contributed by atoms with E-state index < -0.39 is 11.2 Å². The van der Waals surface area contributed by atoms with Gasteiger partial charge >= 0.3 is 5.69 Å². The first-order chi connectivity index (χ1) is 11.9. The van der Waals surface area contributed by atoms with E-state index in [0.717, 1.165) is 15.7 Å². The molecule has 0 saturated carbocycles. The normalized spacial score (nSPS) is 11.0. The average Bonchev–Trinajstić information content (AvgIpc) is 2.61. The summed E-state index contributed by atoms with van der Waals surface area (Å²) in [6.45, 7) is 0.823. The van der Waals surface area contributed by atoms with Crippen LogP contribution in [0, 0.1) is 0 Å². The molecule has 0 unspecified atom stereocenters. The molecule has 0 aliphatic heterocycles. The number of amides is 1. The van der Waals surface area contributed by atoms with Crippen LogP contribution in [0.25, 0.3) is 6.08 Å². The smallest absolute Gasteiger partial charge is 0.330 e. The number of hydrogen-bond donors (Lipinski definition) is 1. The first-order valence-electron chi connectivity index (χ1n) is 7.72. The van der Waals surface area contributed by atoms with Crippen LogP contribution >= 0.6 is 0 Å². The maximum Gasteiger partial charge on any atom is 0.330 e. The van der Waals surface area contributed by atoms with E-state index in [1.54, 1.807) is 14.2 Å². The number of carbonyl (C=O) groups is 1. The van der Waals surface area contributed by atoms with Crippen molar-refractivity contribution in [1.82, 2.24) is 14.5 Å². The van der Waals surface area contributed by atoms with Crippen molar-refractivity contribution in [3.63, 3.8) is 0 Å². The molecule has 0 radical (unpaired) electrons. The summed E-state index contributed by atoms with van der Waals surface area (Å²) in [5.74, 6) is -0.330. The van der Waals surface area contributed by atoms with Crippen LogP contribution in [0.1, 0.15) is 16.7 Å². The van der Waals surface area contributed by atoms with Crippen LogP contribution < -0.4 is 16.6 Å². The summed E-state index contributed by atoms with van der Waals surface area (Å²) >= 11 is 0. The van der Waals surface area contributed by atoms with Crippen molar-refractivity contribution in [3.8, 4) is 0 Å². The average molecular weight is 343 g/mol. The number of nitrogens with zero attached hydrogens (tertiary/aromatic N) is 2. The summed E-state index contributed by atoms with van der Waals surface area (Å²) in [5.41, 5.74) is 1.36. The highest BCUT2D eigenvalue weighted by Gasteiger charge is 2.06. The van der Waals surface area contributed by atoms with E-state index in [9.17, 15) is 14.4 Å². The Balaban J connectivity index is 2.08. The van der Waals surface area contributed by atoms with Gasteiger partial charge in [-0.25, -0.2) is 4.79 Å². The Kier molecular flexibility index (Phi) is 6.08. The van der Waals surface area contributed by atoms with Gasteiger partial charge in [-0.2, -0.15) is 0 Å². The van der Waals surface area contributed by atoms with Gasteiger partial charge in [-0.05, 0) is 17.2 Å². The lowest BCUT2D eigenvalue weighted by Crippen LogP contribution is -2.37. The highest BCUT2D eigenvalue weighted by molar-refractivity contribution is 5.91. The number of methoxy groups -OCH3 is 1. The predicted molar refractivity (Wildman–Crippen MR) is 95.0 cm³/mol. The van der Waals surface area contributed by atoms with Crippen molar-refractivity contribution >= 4 is 12.0 Å². The Labute approximate surface area is 145 Å². The highest BCUT2D eigenvalue weighted by Crippen LogP contribution is 2.09. The van der Waals surface area contributed by atoms with Crippen LogP contribution in [0.5, 0.6) is 0 Å². The first kappa shape index (κ1) is 18.4. The predicted octanol–water partition coefficient (Wildman–Crippen LogP) is 0.560. The zero-order valence-corrected chi connectivity index (χ0v) is 14.5. The standard InChI is InChI=1S/C18H21N3O4/c1-20-11-14(17(23)21(2)18(20)24)8-9-16(22)19-10-13-6-4-5-7-15(13)12-25-3/h4-9,11H,10,12H2,1-3H3,(H,19,22)/b9-8+. The zero-order chi connectivity index (χ0) is 18.4. The number of hydrogen-bond acceptors (Lipinski definition) is 4. The Morgan fingerprint density at radius 2 is 1.88 bits per heavy atom. The number of aryl methyl sites for hydroxylation is 1. The Morgan fingerprint density at radius 1 is 1.20 bits per heavy atom. The van der Waals surface area contributed by atoms with Gasteiger partial charge in [0.2, 0.25) is 5.91 Å². The summed E-state index contributed by atoms with van der Waals surface area (Å²) in [4.78, 5) is 35.6. The molecular formula is C18H21N3O4. The second kappa shape index (κ2) is 8.25. The van der Waals surface area contributed by atoms with Gasteiger partial charge in [-0.3, -0.25) is 14.2 Å². The number of ether oxygens (including phenoxy) is 1. The molecule has 0 bridgehead atoms. The molecule has 1 aromatic carbocycles. The number of benzene rings is 1. The van der Waals surface area contributed by atoms with Crippen LogP contribution in [-0.2, 0) is 36.8 Å². The quantitative estimate of drug-likeness (QED) is 0.777. The molecule has 0 aliphatic carbocycles. The van der Waals surface area contributed by atoms with E-state index in [1.165, 1.54) is 30.0 Å². The lowest BCUT2D eigenvalue weighted by Gasteiger charge is -2.09. The highest BCUT2D eigenvalue weighted by atomic mass is 16.5. The third-order valence-corrected chi connectivity index (χ3v) is 3.76. The fourth-order valence-corrected chi connectivity index (χ4v) is 2.38. The van der Waals surface area contributed by atoms with Crippen molar-refractivity contribution in [2.75, 3.05) is 7.11 Å².